The van der Waals surface area contributed by atoms with Gasteiger partial charge < -0.3 is 10.1 Å². The second-order valence-corrected chi connectivity index (χ2v) is 9.61. The van der Waals surface area contributed by atoms with Gasteiger partial charge in [0.2, 0.25) is 15.9 Å². The fourth-order valence-corrected chi connectivity index (χ4v) is 4.31. The second kappa shape index (κ2) is 11.7. The molecule has 1 amide bonds. The third-order valence-electron chi connectivity index (χ3n) is 5.16. The number of hydrogen-bond donors (Lipinski definition) is 1. The average Bonchev–Trinajstić information content (AvgIpc) is 2.71. The van der Waals surface area contributed by atoms with Crippen molar-refractivity contribution in [1.29, 1.82) is 0 Å². The Morgan fingerprint density at radius 1 is 1.06 bits per heavy atom. The van der Waals surface area contributed by atoms with Gasteiger partial charge >= 0.3 is 0 Å². The largest absolute Gasteiger partial charge is 0.494 e. The normalized spacial score (nSPS) is 11.2. The number of carbonyl (C=O) groups excluding carboxylic acids is 1. The zero-order valence-corrected chi connectivity index (χ0v) is 19.8. The van der Waals surface area contributed by atoms with E-state index in [2.05, 4.69) is 5.32 Å². The minimum atomic E-state index is -3.42. The van der Waals surface area contributed by atoms with Crippen LogP contribution >= 0.6 is 0 Å². The lowest BCUT2D eigenvalue weighted by atomic mass is 10.1. The molecule has 0 aliphatic carbocycles. The van der Waals surface area contributed by atoms with Gasteiger partial charge in [0.1, 0.15) is 5.75 Å². The van der Waals surface area contributed by atoms with Crippen LogP contribution < -0.4 is 14.4 Å². The summed E-state index contributed by atoms with van der Waals surface area (Å²) >= 11 is 0. The number of nitrogens with one attached hydrogen (secondary N) is 1. The van der Waals surface area contributed by atoms with Crippen LogP contribution in [0.3, 0.4) is 0 Å². The van der Waals surface area contributed by atoms with Crippen molar-refractivity contribution in [2.45, 2.75) is 46.5 Å². The van der Waals surface area contributed by atoms with E-state index >= 15 is 0 Å². The van der Waals surface area contributed by atoms with Gasteiger partial charge in [0.05, 0.1) is 18.6 Å². The quantitative estimate of drug-likeness (QED) is 0.500. The lowest BCUT2D eigenvalue weighted by Gasteiger charge is -2.23. The number of anilines is 1. The average molecular weight is 447 g/mol. The van der Waals surface area contributed by atoms with Crippen LogP contribution in [0.5, 0.6) is 5.75 Å². The van der Waals surface area contributed by atoms with E-state index in [1.165, 1.54) is 10.6 Å². The Morgan fingerprint density at radius 2 is 1.81 bits per heavy atom. The monoisotopic (exact) mass is 446 g/mol. The van der Waals surface area contributed by atoms with Gasteiger partial charge in [-0.15, -0.1) is 0 Å². The van der Waals surface area contributed by atoms with Crippen LogP contribution in [0.15, 0.2) is 42.5 Å². The van der Waals surface area contributed by atoms with Crippen LogP contribution in [0, 0.1) is 13.8 Å². The Morgan fingerprint density at radius 3 is 2.48 bits per heavy atom. The Hall–Kier alpha value is -2.54. The molecule has 0 atom stereocenters. The van der Waals surface area contributed by atoms with Crippen molar-refractivity contribution in [1.82, 2.24) is 5.32 Å². The van der Waals surface area contributed by atoms with Crippen molar-refractivity contribution in [3.05, 3.63) is 59.2 Å². The number of aryl methyl sites for hydroxylation is 3. The van der Waals surface area contributed by atoms with Crippen molar-refractivity contribution < 1.29 is 17.9 Å². The summed E-state index contributed by atoms with van der Waals surface area (Å²) in [7, 11) is -3.42. The fourth-order valence-electron chi connectivity index (χ4n) is 3.35. The molecule has 2 aromatic carbocycles. The maximum absolute atomic E-state index is 12.2. The lowest BCUT2D eigenvalue weighted by molar-refractivity contribution is -0.121. The van der Waals surface area contributed by atoms with Crippen molar-refractivity contribution >= 4 is 21.6 Å². The summed E-state index contributed by atoms with van der Waals surface area (Å²) in [5, 5.41) is 2.93. The maximum Gasteiger partial charge on any atom is 0.232 e. The molecule has 0 bridgehead atoms. The number of para-hydroxylation sites is 1. The minimum absolute atomic E-state index is 0.0633. The Balaban J connectivity index is 1.79. The van der Waals surface area contributed by atoms with Crippen molar-refractivity contribution in [2.24, 2.45) is 0 Å². The van der Waals surface area contributed by atoms with Crippen LogP contribution in [0.1, 0.15) is 42.9 Å². The third-order valence-corrected chi connectivity index (χ3v) is 6.36. The van der Waals surface area contributed by atoms with Crippen LogP contribution in [-0.4, -0.2) is 40.3 Å². The zero-order chi connectivity index (χ0) is 22.9. The molecular weight excluding hydrogens is 412 g/mol. The van der Waals surface area contributed by atoms with Gasteiger partial charge in [-0.2, -0.15) is 0 Å². The molecule has 7 heteroatoms. The number of nitrogens with zero attached hydrogens (tertiary/aromatic N) is 1. The van der Waals surface area contributed by atoms with Gasteiger partial charge in [-0.25, -0.2) is 8.42 Å². The standard InChI is InChI=1S/C24H34N2O4S/c1-5-30-23-12-7-6-10-21(23)11-8-16-25-24(27)13-9-17-26(31(4,28)29)22-15-14-19(2)20(3)18-22/h6-7,10,12,14-15,18H,5,8-9,11,13,16-17H2,1-4H3,(H,25,27). The van der Waals surface area contributed by atoms with Crippen LogP contribution in [0.25, 0.3) is 0 Å². The first-order chi connectivity index (χ1) is 14.7. The molecule has 0 spiro atoms. The first-order valence-electron chi connectivity index (χ1n) is 10.7. The summed E-state index contributed by atoms with van der Waals surface area (Å²) in [6, 6.07) is 13.5. The lowest BCUT2D eigenvalue weighted by Crippen LogP contribution is -2.32. The highest BCUT2D eigenvalue weighted by molar-refractivity contribution is 7.92. The highest BCUT2D eigenvalue weighted by atomic mass is 32.2. The molecular formula is C24H34N2O4S. The van der Waals surface area contributed by atoms with E-state index < -0.39 is 10.0 Å². The summed E-state index contributed by atoms with van der Waals surface area (Å²) in [4.78, 5) is 12.2. The molecule has 1 N–H and O–H groups in total. The van der Waals surface area contributed by atoms with Gasteiger partial charge in [-0.1, -0.05) is 24.3 Å². The summed E-state index contributed by atoms with van der Waals surface area (Å²) in [6.45, 7) is 7.38. The number of benzene rings is 2. The van der Waals surface area contributed by atoms with E-state index in [1.54, 1.807) is 0 Å². The third kappa shape index (κ3) is 7.90. The second-order valence-electron chi connectivity index (χ2n) is 7.70. The molecule has 0 saturated carbocycles. The topological polar surface area (TPSA) is 75.7 Å². The minimum Gasteiger partial charge on any atom is -0.494 e. The number of carbonyl (C=O) groups is 1. The van der Waals surface area contributed by atoms with E-state index in [-0.39, 0.29) is 18.9 Å². The molecule has 170 valence electrons. The van der Waals surface area contributed by atoms with Crippen LogP contribution in [0.4, 0.5) is 5.69 Å². The molecule has 0 saturated heterocycles. The van der Waals surface area contributed by atoms with Crippen LogP contribution in [0.2, 0.25) is 0 Å². The zero-order valence-electron chi connectivity index (χ0n) is 19.0. The molecule has 0 heterocycles. The van der Waals surface area contributed by atoms with Crippen molar-refractivity contribution in [2.75, 3.05) is 30.3 Å². The summed E-state index contributed by atoms with van der Waals surface area (Å²) in [5.74, 6) is 0.829. The fraction of sp³-hybridized carbons (Fsp3) is 0.458. The van der Waals surface area contributed by atoms with E-state index in [9.17, 15) is 13.2 Å². The molecule has 2 rings (SSSR count). The number of hydrogen-bond acceptors (Lipinski definition) is 4. The van der Waals surface area contributed by atoms with Gasteiger partial charge in [0.25, 0.3) is 0 Å². The number of ether oxygens (including phenoxy) is 1. The van der Waals surface area contributed by atoms with Crippen LogP contribution in [-0.2, 0) is 21.2 Å². The Bertz CT molecular complexity index is 973. The number of sulfonamides is 1. The molecule has 0 fully saturated rings. The van der Waals surface area contributed by atoms with E-state index in [1.807, 2.05) is 63.2 Å². The first kappa shape index (κ1) is 24.7. The number of rotatable bonds is 12. The smallest absolute Gasteiger partial charge is 0.232 e. The first-order valence-corrected chi connectivity index (χ1v) is 12.6. The number of amides is 1. The van der Waals surface area contributed by atoms with Crippen molar-refractivity contribution in [3.8, 4) is 5.75 Å². The molecule has 31 heavy (non-hydrogen) atoms. The molecule has 2 aromatic rings. The summed E-state index contributed by atoms with van der Waals surface area (Å²) in [6.07, 6.45) is 3.58. The molecule has 0 aromatic heterocycles. The highest BCUT2D eigenvalue weighted by Gasteiger charge is 2.18. The van der Waals surface area contributed by atoms with Crippen molar-refractivity contribution in [3.63, 3.8) is 0 Å². The highest BCUT2D eigenvalue weighted by Crippen LogP contribution is 2.22. The molecule has 0 aliphatic heterocycles. The van der Waals surface area contributed by atoms with E-state index in [0.717, 1.165) is 35.3 Å². The molecule has 0 radical (unpaired) electrons. The molecule has 6 nitrogen and oxygen atoms in total. The van der Waals surface area contributed by atoms with Gasteiger partial charge in [0.15, 0.2) is 0 Å². The van der Waals surface area contributed by atoms with Gasteiger partial charge in [-0.3, -0.25) is 9.10 Å². The van der Waals surface area contributed by atoms with Gasteiger partial charge in [-0.05, 0) is 74.9 Å². The SMILES string of the molecule is CCOc1ccccc1CCCNC(=O)CCCN(c1ccc(C)c(C)c1)S(C)(=O)=O. The Labute approximate surface area is 186 Å². The van der Waals surface area contributed by atoms with Gasteiger partial charge in [0, 0.05) is 19.5 Å². The predicted octanol–water partition coefficient (Wildman–Crippen LogP) is 4.00. The summed E-state index contributed by atoms with van der Waals surface area (Å²) < 4.78 is 31.5. The summed E-state index contributed by atoms with van der Waals surface area (Å²) in [5.41, 5.74) is 3.92. The predicted molar refractivity (Wildman–Crippen MR) is 126 cm³/mol. The molecule has 0 unspecified atom stereocenters. The maximum atomic E-state index is 12.2. The Kier molecular flexibility index (Phi) is 9.37. The molecule has 0 aliphatic rings. The van der Waals surface area contributed by atoms with E-state index in [4.69, 9.17) is 4.74 Å². The van der Waals surface area contributed by atoms with E-state index in [0.29, 0.717) is 25.3 Å².